The molecule has 0 fully saturated rings. The van der Waals surface area contributed by atoms with Crippen molar-refractivity contribution in [1.82, 2.24) is 0 Å². The third-order valence-corrected chi connectivity index (χ3v) is 2.82. The van der Waals surface area contributed by atoms with Crippen LogP contribution in [0, 0.1) is 6.92 Å². The summed E-state index contributed by atoms with van der Waals surface area (Å²) < 4.78 is 5.69. The van der Waals surface area contributed by atoms with E-state index in [1.54, 1.807) is 6.07 Å². The number of phenolic OH excluding ortho intramolecular Hbond substituents is 1. The maximum Gasteiger partial charge on any atom is 0.175 e. The first-order valence-corrected chi connectivity index (χ1v) is 5.24. The lowest BCUT2D eigenvalue weighted by atomic mass is 10.0. The predicted octanol–water partition coefficient (Wildman–Crippen LogP) is 1.46. The Balaban J connectivity index is 3.38. The van der Waals surface area contributed by atoms with Crippen molar-refractivity contribution in [2.24, 2.45) is 5.73 Å². The molecule has 0 spiro atoms. The first-order chi connectivity index (χ1) is 7.02. The van der Waals surface area contributed by atoms with Gasteiger partial charge in [-0.3, -0.25) is 0 Å². The van der Waals surface area contributed by atoms with E-state index in [-0.39, 0.29) is 12.4 Å². The van der Waals surface area contributed by atoms with Crippen LogP contribution in [0.3, 0.4) is 0 Å². The lowest BCUT2D eigenvalue weighted by molar-refractivity contribution is 0.263. The topological polar surface area (TPSA) is 75.7 Å². The van der Waals surface area contributed by atoms with Crippen LogP contribution < -0.4 is 10.5 Å². The maximum atomic E-state index is 9.91. The molecule has 1 aromatic carbocycles. The summed E-state index contributed by atoms with van der Waals surface area (Å²) in [6.45, 7) is 1.59. The molecule has 0 heterocycles. The van der Waals surface area contributed by atoms with E-state index < -0.39 is 6.04 Å². The van der Waals surface area contributed by atoms with Gasteiger partial charge in [-0.25, -0.2) is 0 Å². The fourth-order valence-corrected chi connectivity index (χ4v) is 2.20. The van der Waals surface area contributed by atoms with Crippen LogP contribution in [0.2, 0.25) is 0 Å². The predicted molar refractivity (Wildman–Crippen MR) is 61.1 cm³/mol. The Labute approximate surface area is 96.8 Å². The number of aliphatic hydroxyl groups excluding tert-OH is 1. The summed E-state index contributed by atoms with van der Waals surface area (Å²) in [5.41, 5.74) is 7.01. The number of phenols is 1. The van der Waals surface area contributed by atoms with Crippen molar-refractivity contribution in [2.75, 3.05) is 13.7 Å². The van der Waals surface area contributed by atoms with Gasteiger partial charge in [0.15, 0.2) is 11.5 Å². The number of ether oxygens (including phenoxy) is 1. The molecule has 84 valence electrons. The normalized spacial score (nSPS) is 12.6. The molecule has 1 aromatic rings. The van der Waals surface area contributed by atoms with E-state index in [9.17, 15) is 5.11 Å². The number of methoxy groups -OCH3 is 1. The smallest absolute Gasteiger partial charge is 0.175 e. The molecule has 0 amide bonds. The van der Waals surface area contributed by atoms with E-state index in [1.807, 2.05) is 6.92 Å². The van der Waals surface area contributed by atoms with Gasteiger partial charge in [0.1, 0.15) is 0 Å². The number of aliphatic hydroxyl groups is 1. The third kappa shape index (κ3) is 2.25. The van der Waals surface area contributed by atoms with Gasteiger partial charge in [-0.05, 0) is 34.5 Å². The van der Waals surface area contributed by atoms with Crippen LogP contribution in [-0.2, 0) is 0 Å². The van der Waals surface area contributed by atoms with E-state index in [2.05, 4.69) is 15.9 Å². The summed E-state index contributed by atoms with van der Waals surface area (Å²) >= 11 is 3.27. The molecule has 0 bridgehead atoms. The van der Waals surface area contributed by atoms with Gasteiger partial charge in [-0.15, -0.1) is 0 Å². The molecule has 1 rings (SSSR count). The minimum atomic E-state index is -0.605. The molecule has 0 aromatic heterocycles. The molecule has 4 N–H and O–H groups in total. The second-order valence-electron chi connectivity index (χ2n) is 3.26. The molecule has 0 aliphatic rings. The van der Waals surface area contributed by atoms with Gasteiger partial charge in [0.2, 0.25) is 0 Å². The van der Waals surface area contributed by atoms with Gasteiger partial charge in [0.05, 0.1) is 24.2 Å². The van der Waals surface area contributed by atoms with Crippen molar-refractivity contribution in [1.29, 1.82) is 0 Å². The van der Waals surface area contributed by atoms with Crippen molar-refractivity contribution in [3.8, 4) is 11.5 Å². The highest BCUT2D eigenvalue weighted by atomic mass is 79.9. The Bertz CT molecular complexity index is 368. The van der Waals surface area contributed by atoms with Crippen molar-refractivity contribution in [3.63, 3.8) is 0 Å². The number of rotatable bonds is 3. The highest BCUT2D eigenvalue weighted by Gasteiger charge is 2.19. The Hall–Kier alpha value is -0.780. The first kappa shape index (κ1) is 12.3. The van der Waals surface area contributed by atoms with Crippen molar-refractivity contribution in [3.05, 3.63) is 21.7 Å². The van der Waals surface area contributed by atoms with Crippen LogP contribution in [0.15, 0.2) is 10.5 Å². The van der Waals surface area contributed by atoms with Crippen LogP contribution in [0.1, 0.15) is 17.2 Å². The summed E-state index contributed by atoms with van der Waals surface area (Å²) in [7, 11) is 1.46. The Morgan fingerprint density at radius 2 is 2.20 bits per heavy atom. The summed E-state index contributed by atoms with van der Waals surface area (Å²) in [6.07, 6.45) is 0. The molecule has 0 aliphatic heterocycles. The highest BCUT2D eigenvalue weighted by Crippen LogP contribution is 2.41. The van der Waals surface area contributed by atoms with Crippen LogP contribution in [-0.4, -0.2) is 23.9 Å². The SMILES string of the molecule is COc1c(Br)cc(C)c(C(N)CO)c1O. The molecular weight excluding hydrogens is 262 g/mol. The minimum Gasteiger partial charge on any atom is -0.504 e. The molecular formula is C10H14BrNO3. The molecule has 15 heavy (non-hydrogen) atoms. The number of benzene rings is 1. The van der Waals surface area contributed by atoms with E-state index in [0.29, 0.717) is 15.8 Å². The van der Waals surface area contributed by atoms with Gasteiger partial charge >= 0.3 is 0 Å². The van der Waals surface area contributed by atoms with Gasteiger partial charge in [0, 0.05) is 5.56 Å². The van der Waals surface area contributed by atoms with E-state index in [0.717, 1.165) is 5.56 Å². The molecule has 1 atom stereocenters. The van der Waals surface area contributed by atoms with Gasteiger partial charge < -0.3 is 20.7 Å². The lowest BCUT2D eigenvalue weighted by Crippen LogP contribution is -2.16. The summed E-state index contributed by atoms with van der Waals surface area (Å²) in [5, 5.41) is 18.9. The maximum absolute atomic E-state index is 9.91. The molecule has 1 unspecified atom stereocenters. The van der Waals surface area contributed by atoms with Gasteiger partial charge in [-0.1, -0.05) is 0 Å². The Morgan fingerprint density at radius 3 is 2.67 bits per heavy atom. The average Bonchev–Trinajstić information content (AvgIpc) is 2.17. The molecule has 4 nitrogen and oxygen atoms in total. The zero-order valence-electron chi connectivity index (χ0n) is 8.62. The zero-order valence-corrected chi connectivity index (χ0v) is 10.2. The number of aryl methyl sites for hydroxylation is 1. The number of hydrogen-bond acceptors (Lipinski definition) is 4. The summed E-state index contributed by atoms with van der Waals surface area (Å²) in [4.78, 5) is 0. The van der Waals surface area contributed by atoms with Gasteiger partial charge in [-0.2, -0.15) is 0 Å². The second-order valence-corrected chi connectivity index (χ2v) is 4.11. The van der Waals surface area contributed by atoms with Crippen molar-refractivity contribution in [2.45, 2.75) is 13.0 Å². The van der Waals surface area contributed by atoms with Crippen LogP contribution >= 0.6 is 15.9 Å². The molecule has 0 saturated carbocycles. The highest BCUT2D eigenvalue weighted by molar-refractivity contribution is 9.10. The monoisotopic (exact) mass is 275 g/mol. The number of hydrogen-bond donors (Lipinski definition) is 3. The minimum absolute atomic E-state index is 0.0223. The fourth-order valence-electron chi connectivity index (χ4n) is 1.51. The summed E-state index contributed by atoms with van der Waals surface area (Å²) in [6, 6.07) is 1.19. The quantitative estimate of drug-likeness (QED) is 0.781. The molecule has 0 saturated heterocycles. The number of aromatic hydroxyl groups is 1. The van der Waals surface area contributed by atoms with Crippen LogP contribution in [0.5, 0.6) is 11.5 Å². The molecule has 0 radical (unpaired) electrons. The fraction of sp³-hybridized carbons (Fsp3) is 0.400. The van der Waals surface area contributed by atoms with E-state index in [4.69, 9.17) is 15.6 Å². The van der Waals surface area contributed by atoms with Crippen molar-refractivity contribution < 1.29 is 14.9 Å². The lowest BCUT2D eigenvalue weighted by Gasteiger charge is -2.17. The van der Waals surface area contributed by atoms with E-state index >= 15 is 0 Å². The van der Waals surface area contributed by atoms with Crippen molar-refractivity contribution >= 4 is 15.9 Å². The van der Waals surface area contributed by atoms with E-state index in [1.165, 1.54) is 7.11 Å². The standard InChI is InChI=1S/C10H14BrNO3/c1-5-3-6(11)10(15-2)9(14)8(5)7(12)4-13/h3,7,13-14H,4,12H2,1-2H3. The van der Waals surface area contributed by atoms with Gasteiger partial charge in [0.25, 0.3) is 0 Å². The zero-order chi connectivity index (χ0) is 11.6. The Kier molecular flexibility index (Phi) is 3.96. The number of nitrogens with two attached hydrogens (primary N) is 1. The molecule has 0 aliphatic carbocycles. The first-order valence-electron chi connectivity index (χ1n) is 4.45. The number of halogens is 1. The molecule has 5 heteroatoms. The van der Waals surface area contributed by atoms with Crippen LogP contribution in [0.25, 0.3) is 0 Å². The summed E-state index contributed by atoms with van der Waals surface area (Å²) in [5.74, 6) is 0.311. The second kappa shape index (κ2) is 4.83. The third-order valence-electron chi connectivity index (χ3n) is 2.23. The largest absolute Gasteiger partial charge is 0.504 e. The average molecular weight is 276 g/mol. The Morgan fingerprint density at radius 1 is 1.60 bits per heavy atom. The van der Waals surface area contributed by atoms with Crippen LogP contribution in [0.4, 0.5) is 0 Å².